The maximum Gasteiger partial charge on any atom is 0.337 e. The third kappa shape index (κ3) is 5.21. The van der Waals surface area contributed by atoms with E-state index in [1.165, 1.54) is 62.9 Å². The molecule has 0 aliphatic carbocycles. The molecule has 0 saturated heterocycles. The molecule has 0 aliphatic heterocycles. The van der Waals surface area contributed by atoms with E-state index in [9.17, 15) is 14.0 Å². The summed E-state index contributed by atoms with van der Waals surface area (Å²) >= 11 is 10.3. The van der Waals surface area contributed by atoms with Crippen LogP contribution in [0.3, 0.4) is 0 Å². The fourth-order valence-corrected chi connectivity index (χ4v) is 3.07. The van der Waals surface area contributed by atoms with Gasteiger partial charge in [0, 0.05) is 6.07 Å². The third-order valence-corrected chi connectivity index (χ3v) is 4.93. The Labute approximate surface area is 193 Å². The van der Waals surface area contributed by atoms with E-state index >= 15 is 0 Å². The van der Waals surface area contributed by atoms with Crippen molar-refractivity contribution in [2.45, 2.75) is 0 Å². The van der Waals surface area contributed by atoms with E-state index in [0.29, 0.717) is 22.9 Å². The number of nitrogens with one attached hydrogen (secondary N) is 2. The van der Waals surface area contributed by atoms with Gasteiger partial charge < -0.3 is 20.1 Å². The number of methoxy groups -OCH3 is 2. The Morgan fingerprint density at radius 3 is 2.41 bits per heavy atom. The average Bonchev–Trinajstić information content (AvgIpc) is 2.79. The molecule has 3 rings (SSSR count). The molecule has 0 unspecified atom stereocenters. The molecule has 0 fully saturated rings. The molecule has 0 radical (unpaired) electrons. The number of aromatic nitrogens is 1. The number of amides is 3. The van der Waals surface area contributed by atoms with Gasteiger partial charge in [0.2, 0.25) is 0 Å². The molecule has 11 heteroatoms. The smallest absolute Gasteiger partial charge is 0.337 e. The Kier molecular flexibility index (Phi) is 7.39. The van der Waals surface area contributed by atoms with Crippen molar-refractivity contribution < 1.29 is 23.5 Å². The lowest BCUT2D eigenvalue weighted by Gasteiger charge is -2.18. The predicted molar refractivity (Wildman–Crippen MR) is 124 cm³/mol. The Balaban J connectivity index is 1.70. The first kappa shape index (κ1) is 23.2. The highest BCUT2D eigenvalue weighted by atomic mass is 35.5. The molecule has 3 amide bonds. The van der Waals surface area contributed by atoms with Crippen LogP contribution in [0.1, 0.15) is 10.4 Å². The zero-order valence-corrected chi connectivity index (χ0v) is 18.6. The van der Waals surface area contributed by atoms with E-state index in [2.05, 4.69) is 28.4 Å². The van der Waals surface area contributed by atoms with Gasteiger partial charge in [-0.3, -0.25) is 4.79 Å². The van der Waals surface area contributed by atoms with E-state index in [0.717, 1.165) is 4.31 Å². The average molecular weight is 477 g/mol. The molecule has 0 bridgehead atoms. The van der Waals surface area contributed by atoms with Crippen LogP contribution in [-0.2, 0) is 0 Å². The van der Waals surface area contributed by atoms with Gasteiger partial charge in [0.15, 0.2) is 0 Å². The highest BCUT2D eigenvalue weighted by Gasteiger charge is 2.18. The molecule has 32 heavy (non-hydrogen) atoms. The molecule has 2 N–H and O–H groups in total. The number of halogens is 2. The number of carbonyl (C=O) groups is 2. The van der Waals surface area contributed by atoms with Crippen molar-refractivity contribution in [3.63, 3.8) is 0 Å². The van der Waals surface area contributed by atoms with Gasteiger partial charge in [0.1, 0.15) is 23.1 Å². The lowest BCUT2D eigenvalue weighted by Crippen LogP contribution is -2.27. The topological polar surface area (TPSA) is 92.8 Å². The highest BCUT2D eigenvalue weighted by molar-refractivity contribution is 7.82. The Morgan fingerprint density at radius 2 is 1.78 bits per heavy atom. The highest BCUT2D eigenvalue weighted by Crippen LogP contribution is 2.36. The second-order valence-electron chi connectivity index (χ2n) is 6.27. The summed E-state index contributed by atoms with van der Waals surface area (Å²) in [5.41, 5.74) is 0.516. The fraction of sp³-hybridized carbons (Fsp3) is 0.0952. The van der Waals surface area contributed by atoms with Crippen molar-refractivity contribution in [2.75, 3.05) is 29.2 Å². The molecule has 0 aliphatic rings. The summed E-state index contributed by atoms with van der Waals surface area (Å²) in [7, 11) is 2.90. The van der Waals surface area contributed by atoms with Crippen molar-refractivity contribution in [2.24, 2.45) is 0 Å². The molecular formula is C21H18ClFN4O4S. The van der Waals surface area contributed by atoms with E-state index in [-0.39, 0.29) is 16.4 Å². The fourth-order valence-electron chi connectivity index (χ4n) is 2.66. The summed E-state index contributed by atoms with van der Waals surface area (Å²) in [5.74, 6) is -0.365. The number of nitrogens with zero attached hydrogens (tertiary/aromatic N) is 2. The number of pyridine rings is 1. The van der Waals surface area contributed by atoms with Crippen molar-refractivity contribution in [1.29, 1.82) is 0 Å². The van der Waals surface area contributed by atoms with Gasteiger partial charge in [-0.25, -0.2) is 18.5 Å². The van der Waals surface area contributed by atoms with E-state index in [1.807, 2.05) is 0 Å². The Morgan fingerprint density at radius 1 is 1.06 bits per heavy atom. The molecule has 166 valence electrons. The van der Waals surface area contributed by atoms with Crippen LogP contribution in [0, 0.1) is 5.82 Å². The second-order valence-corrected chi connectivity index (χ2v) is 7.08. The summed E-state index contributed by atoms with van der Waals surface area (Å²) in [5, 5.41) is 5.44. The number of hydrogen-bond acceptors (Lipinski definition) is 6. The number of benzene rings is 2. The molecule has 0 spiro atoms. The third-order valence-electron chi connectivity index (χ3n) is 4.25. The van der Waals surface area contributed by atoms with Crippen LogP contribution in [-0.4, -0.2) is 31.1 Å². The molecule has 0 saturated carbocycles. The number of rotatable bonds is 6. The van der Waals surface area contributed by atoms with Crippen molar-refractivity contribution in [1.82, 2.24) is 4.98 Å². The van der Waals surface area contributed by atoms with E-state index in [1.54, 1.807) is 6.07 Å². The quantitative estimate of drug-likeness (QED) is 0.434. The van der Waals surface area contributed by atoms with Gasteiger partial charge >= 0.3 is 6.03 Å². The SMILES string of the molecule is COc1cc(OC)c(NC(=O)N(S)c2ccc(NC(=O)c3ccccc3F)cn2)cc1Cl. The summed E-state index contributed by atoms with van der Waals surface area (Å²) in [6, 6.07) is 10.9. The normalized spacial score (nSPS) is 10.3. The largest absolute Gasteiger partial charge is 0.495 e. The van der Waals surface area contributed by atoms with Crippen molar-refractivity contribution >= 4 is 53.5 Å². The number of carbonyl (C=O) groups excluding carboxylic acids is 2. The number of thiol groups is 1. The molecule has 1 heterocycles. The summed E-state index contributed by atoms with van der Waals surface area (Å²) < 4.78 is 25.1. The lowest BCUT2D eigenvalue weighted by atomic mass is 10.2. The second kappa shape index (κ2) is 10.2. The van der Waals surface area contributed by atoms with Crippen LogP contribution in [0.4, 0.5) is 26.4 Å². The van der Waals surface area contributed by atoms with Crippen LogP contribution in [0.15, 0.2) is 54.7 Å². The first-order valence-electron chi connectivity index (χ1n) is 9.07. The number of anilines is 3. The van der Waals surface area contributed by atoms with Crippen LogP contribution >= 0.6 is 24.4 Å². The van der Waals surface area contributed by atoms with E-state index in [4.69, 9.17) is 21.1 Å². The van der Waals surface area contributed by atoms with Crippen molar-refractivity contribution in [3.8, 4) is 11.5 Å². The monoisotopic (exact) mass is 476 g/mol. The van der Waals surface area contributed by atoms with Gasteiger partial charge in [-0.1, -0.05) is 36.5 Å². The molecule has 1 aromatic heterocycles. The summed E-state index contributed by atoms with van der Waals surface area (Å²) in [4.78, 5) is 28.9. The molecule has 2 aromatic carbocycles. The lowest BCUT2D eigenvalue weighted by molar-refractivity contribution is 0.102. The minimum atomic E-state index is -0.637. The maximum atomic E-state index is 13.7. The first-order valence-corrected chi connectivity index (χ1v) is 9.85. The molecule has 3 aromatic rings. The predicted octanol–water partition coefficient (Wildman–Crippen LogP) is 5.03. The van der Waals surface area contributed by atoms with Gasteiger partial charge in [0.05, 0.1) is 42.4 Å². The molecule has 0 atom stereocenters. The van der Waals surface area contributed by atoms with Crippen LogP contribution < -0.4 is 24.4 Å². The first-order chi connectivity index (χ1) is 15.3. The minimum absolute atomic E-state index is 0.0983. The number of hydrogen-bond donors (Lipinski definition) is 3. The van der Waals surface area contributed by atoms with Gasteiger partial charge in [-0.05, 0) is 30.3 Å². The van der Waals surface area contributed by atoms with Crippen LogP contribution in [0.25, 0.3) is 0 Å². The van der Waals surface area contributed by atoms with Crippen LogP contribution in [0.2, 0.25) is 5.02 Å². The van der Waals surface area contributed by atoms with E-state index < -0.39 is 17.8 Å². The minimum Gasteiger partial charge on any atom is -0.495 e. The molecular weight excluding hydrogens is 459 g/mol. The number of ether oxygens (including phenoxy) is 2. The van der Waals surface area contributed by atoms with Crippen LogP contribution in [0.5, 0.6) is 11.5 Å². The van der Waals surface area contributed by atoms with Crippen molar-refractivity contribution in [3.05, 3.63) is 71.1 Å². The van der Waals surface area contributed by atoms with Gasteiger partial charge in [-0.15, -0.1) is 0 Å². The standard InChI is InChI=1S/C21H18ClFN4O4S/c1-30-17-10-18(31-2)16(9-14(17)22)26-21(29)27(32)19-8-7-12(11-24-19)25-20(28)13-5-3-4-6-15(13)23/h3-11,32H,1-2H3,(H,25,28)(H,26,29). The number of urea groups is 1. The van der Waals surface area contributed by atoms with Gasteiger partial charge in [0.25, 0.3) is 5.91 Å². The summed E-state index contributed by atoms with van der Waals surface area (Å²) in [6.07, 6.45) is 1.31. The Hall–Kier alpha value is -3.50. The van der Waals surface area contributed by atoms with Gasteiger partial charge in [-0.2, -0.15) is 0 Å². The zero-order valence-electron chi connectivity index (χ0n) is 16.9. The maximum absolute atomic E-state index is 13.7. The molecule has 8 nitrogen and oxygen atoms in total. The Bertz CT molecular complexity index is 1150. The summed E-state index contributed by atoms with van der Waals surface area (Å²) in [6.45, 7) is 0. The zero-order chi connectivity index (χ0) is 23.3.